The maximum absolute atomic E-state index is 5.94. The second kappa shape index (κ2) is 5.25. The van der Waals surface area contributed by atoms with Gasteiger partial charge in [-0.15, -0.1) is 11.3 Å². The predicted molar refractivity (Wildman–Crippen MR) is 68.8 cm³/mol. The van der Waals surface area contributed by atoms with Crippen molar-refractivity contribution in [2.45, 2.75) is 32.7 Å². The van der Waals surface area contributed by atoms with Crippen LogP contribution < -0.4 is 5.73 Å². The Hall–Kier alpha value is -0.450. The van der Waals surface area contributed by atoms with Crippen molar-refractivity contribution in [1.29, 1.82) is 0 Å². The lowest BCUT2D eigenvalue weighted by molar-refractivity contribution is 0.320. The quantitative estimate of drug-likeness (QED) is 0.869. The number of hydrogen-bond acceptors (Lipinski definition) is 4. The smallest absolute Gasteiger partial charge is 0.0797 e. The van der Waals surface area contributed by atoms with Gasteiger partial charge in [0.15, 0.2) is 0 Å². The van der Waals surface area contributed by atoms with Crippen LogP contribution in [0.15, 0.2) is 5.51 Å². The number of nitrogens with two attached hydrogens (primary N) is 1. The molecule has 1 fully saturated rings. The second-order valence-corrected chi connectivity index (χ2v) is 5.76. The van der Waals surface area contributed by atoms with E-state index in [0.29, 0.717) is 12.0 Å². The summed E-state index contributed by atoms with van der Waals surface area (Å²) in [4.78, 5) is 8.25. The van der Waals surface area contributed by atoms with Crippen LogP contribution in [0, 0.1) is 12.8 Å². The predicted octanol–water partition coefficient (Wildman–Crippen LogP) is 1.66. The molecule has 1 aliphatic rings. The van der Waals surface area contributed by atoms with E-state index in [1.54, 1.807) is 11.3 Å². The first-order valence-electron chi connectivity index (χ1n) is 6.03. The maximum atomic E-state index is 5.94. The first-order chi connectivity index (χ1) is 7.66. The van der Waals surface area contributed by atoms with Crippen molar-refractivity contribution < 1.29 is 0 Å². The number of rotatable bonds is 4. The summed E-state index contributed by atoms with van der Waals surface area (Å²) >= 11 is 1.78. The largest absolute Gasteiger partial charge is 0.328 e. The van der Waals surface area contributed by atoms with Gasteiger partial charge in [0.1, 0.15) is 0 Å². The highest BCUT2D eigenvalue weighted by Crippen LogP contribution is 2.20. The van der Waals surface area contributed by atoms with E-state index in [1.165, 1.54) is 30.1 Å². The Morgan fingerprint density at radius 3 is 3.06 bits per heavy atom. The Bertz CT molecular complexity index is 335. The first-order valence-corrected chi connectivity index (χ1v) is 6.91. The average molecular weight is 239 g/mol. The van der Waals surface area contributed by atoms with Gasteiger partial charge in [0.05, 0.1) is 11.2 Å². The third kappa shape index (κ3) is 2.81. The highest BCUT2D eigenvalue weighted by Gasteiger charge is 2.24. The Kier molecular flexibility index (Phi) is 3.95. The number of aromatic nitrogens is 1. The van der Waals surface area contributed by atoms with Crippen LogP contribution in [-0.4, -0.2) is 35.6 Å². The molecule has 0 aliphatic carbocycles. The summed E-state index contributed by atoms with van der Waals surface area (Å²) in [6, 6.07) is 0.343. The molecule has 2 heterocycles. The van der Waals surface area contributed by atoms with Crippen molar-refractivity contribution in [3.05, 3.63) is 16.1 Å². The molecule has 0 amide bonds. The molecule has 90 valence electrons. The van der Waals surface area contributed by atoms with Gasteiger partial charge in [-0.3, -0.25) is 0 Å². The lowest BCUT2D eigenvalue weighted by Crippen LogP contribution is -2.30. The maximum Gasteiger partial charge on any atom is 0.0797 e. The summed E-state index contributed by atoms with van der Waals surface area (Å²) in [7, 11) is 0. The number of nitrogens with zero attached hydrogens (tertiary/aromatic N) is 2. The van der Waals surface area contributed by atoms with Gasteiger partial charge in [-0.1, -0.05) is 0 Å². The third-order valence-electron chi connectivity index (χ3n) is 3.55. The van der Waals surface area contributed by atoms with Gasteiger partial charge in [-0.25, -0.2) is 4.98 Å². The molecular weight excluding hydrogens is 218 g/mol. The van der Waals surface area contributed by atoms with Gasteiger partial charge < -0.3 is 10.6 Å². The molecule has 0 aromatic carbocycles. The molecule has 4 heteroatoms. The van der Waals surface area contributed by atoms with Gasteiger partial charge in [-0.05, 0) is 39.2 Å². The molecule has 0 spiro atoms. The van der Waals surface area contributed by atoms with Crippen molar-refractivity contribution in [2.24, 2.45) is 11.7 Å². The molecule has 2 unspecified atom stereocenters. The summed E-state index contributed by atoms with van der Waals surface area (Å²) in [5.74, 6) is 0.697. The van der Waals surface area contributed by atoms with Gasteiger partial charge >= 0.3 is 0 Å². The monoisotopic (exact) mass is 239 g/mol. The Labute approximate surface area is 102 Å². The summed E-state index contributed by atoms with van der Waals surface area (Å²) in [5.41, 5.74) is 9.09. The second-order valence-electron chi connectivity index (χ2n) is 4.82. The van der Waals surface area contributed by atoms with Crippen LogP contribution in [0.1, 0.15) is 23.9 Å². The highest BCUT2D eigenvalue weighted by molar-refractivity contribution is 7.09. The Morgan fingerprint density at radius 2 is 2.50 bits per heavy atom. The summed E-state index contributed by atoms with van der Waals surface area (Å²) in [5, 5.41) is 0. The van der Waals surface area contributed by atoms with E-state index in [4.69, 9.17) is 5.73 Å². The van der Waals surface area contributed by atoms with E-state index < -0.39 is 0 Å². The van der Waals surface area contributed by atoms with E-state index in [1.807, 2.05) is 5.51 Å². The van der Waals surface area contributed by atoms with Gasteiger partial charge in [0, 0.05) is 24.0 Å². The normalized spacial score (nSPS) is 23.8. The van der Waals surface area contributed by atoms with Crippen LogP contribution >= 0.6 is 11.3 Å². The minimum Gasteiger partial charge on any atom is -0.328 e. The van der Waals surface area contributed by atoms with E-state index in [0.717, 1.165) is 13.0 Å². The van der Waals surface area contributed by atoms with Crippen LogP contribution in [-0.2, 0) is 6.42 Å². The Balaban J connectivity index is 1.78. The van der Waals surface area contributed by atoms with Crippen LogP contribution in [0.4, 0.5) is 0 Å². The van der Waals surface area contributed by atoms with E-state index in [9.17, 15) is 0 Å². The molecule has 0 radical (unpaired) electrons. The minimum absolute atomic E-state index is 0.343. The molecule has 2 N–H and O–H groups in total. The first kappa shape index (κ1) is 12.0. The molecule has 1 aliphatic heterocycles. The molecule has 1 aromatic rings. The standard InChI is InChI=1S/C12H21N3S/c1-9(13)11-3-5-15(7-11)6-4-12-10(2)14-8-16-12/h8-9,11H,3-7,13H2,1-2H3. The van der Waals surface area contributed by atoms with Crippen molar-refractivity contribution >= 4 is 11.3 Å². The van der Waals surface area contributed by atoms with Crippen molar-refractivity contribution in [2.75, 3.05) is 19.6 Å². The van der Waals surface area contributed by atoms with Crippen molar-refractivity contribution in [3.8, 4) is 0 Å². The van der Waals surface area contributed by atoms with Gasteiger partial charge in [0.2, 0.25) is 0 Å². The molecule has 2 rings (SSSR count). The SMILES string of the molecule is Cc1ncsc1CCN1CCC(C(C)N)C1. The lowest BCUT2D eigenvalue weighted by Gasteiger charge is -2.17. The number of hydrogen-bond donors (Lipinski definition) is 1. The van der Waals surface area contributed by atoms with Crippen LogP contribution in [0.2, 0.25) is 0 Å². The Morgan fingerprint density at radius 1 is 1.69 bits per heavy atom. The molecule has 1 aromatic heterocycles. The lowest BCUT2D eigenvalue weighted by atomic mass is 10.0. The molecular formula is C12H21N3S. The topological polar surface area (TPSA) is 42.2 Å². The molecule has 3 nitrogen and oxygen atoms in total. The fraction of sp³-hybridized carbons (Fsp3) is 0.750. The third-order valence-corrected chi connectivity index (χ3v) is 4.55. The minimum atomic E-state index is 0.343. The van der Waals surface area contributed by atoms with Crippen molar-refractivity contribution in [1.82, 2.24) is 9.88 Å². The molecule has 1 saturated heterocycles. The van der Waals surface area contributed by atoms with Gasteiger partial charge in [-0.2, -0.15) is 0 Å². The van der Waals surface area contributed by atoms with E-state index in [-0.39, 0.29) is 0 Å². The summed E-state index contributed by atoms with van der Waals surface area (Å²) in [6.07, 6.45) is 2.40. The van der Waals surface area contributed by atoms with Gasteiger partial charge in [0.25, 0.3) is 0 Å². The number of likely N-dealkylation sites (tertiary alicyclic amines) is 1. The van der Waals surface area contributed by atoms with E-state index >= 15 is 0 Å². The average Bonchev–Trinajstić information content (AvgIpc) is 2.83. The molecule has 0 bridgehead atoms. The molecule has 16 heavy (non-hydrogen) atoms. The summed E-state index contributed by atoms with van der Waals surface area (Å²) < 4.78 is 0. The zero-order valence-corrected chi connectivity index (χ0v) is 11.0. The van der Waals surface area contributed by atoms with Crippen LogP contribution in [0.5, 0.6) is 0 Å². The molecule has 2 atom stereocenters. The zero-order chi connectivity index (χ0) is 11.5. The fourth-order valence-electron chi connectivity index (χ4n) is 2.32. The number of aryl methyl sites for hydroxylation is 1. The number of thiazole rings is 1. The van der Waals surface area contributed by atoms with Crippen LogP contribution in [0.25, 0.3) is 0 Å². The zero-order valence-electron chi connectivity index (χ0n) is 10.1. The van der Waals surface area contributed by atoms with E-state index in [2.05, 4.69) is 23.7 Å². The molecule has 0 saturated carbocycles. The van der Waals surface area contributed by atoms with Crippen LogP contribution in [0.3, 0.4) is 0 Å². The highest BCUT2D eigenvalue weighted by atomic mass is 32.1. The fourth-order valence-corrected chi connectivity index (χ4v) is 3.09. The van der Waals surface area contributed by atoms with Crippen molar-refractivity contribution in [3.63, 3.8) is 0 Å². The summed E-state index contributed by atoms with van der Waals surface area (Å²) in [6.45, 7) is 7.77.